The minimum Gasteiger partial charge on any atom is -0.441 e. The highest BCUT2D eigenvalue weighted by Gasteiger charge is 2.46. The van der Waals surface area contributed by atoms with Crippen molar-refractivity contribution in [1.29, 1.82) is 0 Å². The summed E-state index contributed by atoms with van der Waals surface area (Å²) in [6, 6.07) is 0. The first-order chi connectivity index (χ1) is 7.65. The molecule has 2 aliphatic rings. The molecule has 1 N–H and O–H groups in total. The molecular formula is C12H22N2O2. The van der Waals surface area contributed by atoms with Crippen molar-refractivity contribution in [3.05, 3.63) is 0 Å². The van der Waals surface area contributed by atoms with E-state index in [2.05, 4.69) is 19.2 Å². The van der Waals surface area contributed by atoms with Gasteiger partial charge in [-0.15, -0.1) is 0 Å². The number of ether oxygens (including phenoxy) is 1. The van der Waals surface area contributed by atoms with Crippen molar-refractivity contribution < 1.29 is 9.53 Å². The summed E-state index contributed by atoms with van der Waals surface area (Å²) in [6.07, 6.45) is 3.21. The van der Waals surface area contributed by atoms with Gasteiger partial charge in [0.1, 0.15) is 5.60 Å². The van der Waals surface area contributed by atoms with Crippen LogP contribution in [0.15, 0.2) is 0 Å². The summed E-state index contributed by atoms with van der Waals surface area (Å²) in [6.45, 7) is 7.81. The van der Waals surface area contributed by atoms with E-state index in [1.807, 2.05) is 4.90 Å². The molecule has 0 aromatic heterocycles. The molecule has 16 heavy (non-hydrogen) atoms. The van der Waals surface area contributed by atoms with Crippen molar-refractivity contribution in [1.82, 2.24) is 10.2 Å². The molecule has 2 heterocycles. The molecule has 0 bridgehead atoms. The van der Waals surface area contributed by atoms with E-state index in [4.69, 9.17) is 4.74 Å². The third kappa shape index (κ3) is 2.17. The van der Waals surface area contributed by atoms with Crippen LogP contribution in [0.2, 0.25) is 0 Å². The molecule has 4 heteroatoms. The Balaban J connectivity index is 2.00. The number of carbonyl (C=O) groups excluding carboxylic acids is 1. The monoisotopic (exact) mass is 226 g/mol. The van der Waals surface area contributed by atoms with Crippen molar-refractivity contribution in [2.75, 3.05) is 26.2 Å². The van der Waals surface area contributed by atoms with Gasteiger partial charge in [0.05, 0.1) is 6.54 Å². The molecule has 2 saturated heterocycles. The summed E-state index contributed by atoms with van der Waals surface area (Å²) >= 11 is 0. The molecule has 1 amide bonds. The summed E-state index contributed by atoms with van der Waals surface area (Å²) in [5.74, 6) is 0.465. The Bertz CT molecular complexity index is 264. The summed E-state index contributed by atoms with van der Waals surface area (Å²) in [4.78, 5) is 13.5. The first-order valence-electron chi connectivity index (χ1n) is 6.34. The lowest BCUT2D eigenvalue weighted by molar-refractivity contribution is 0.0121. The van der Waals surface area contributed by atoms with Gasteiger partial charge in [-0.05, 0) is 32.7 Å². The number of piperidine rings is 1. The minimum absolute atomic E-state index is 0.130. The summed E-state index contributed by atoms with van der Waals surface area (Å²) in [5.41, 5.74) is -0.278. The molecule has 2 atom stereocenters. The molecule has 0 aromatic rings. The van der Waals surface area contributed by atoms with Gasteiger partial charge in [-0.25, -0.2) is 4.79 Å². The Labute approximate surface area is 97.3 Å². The number of hydrogen-bond donors (Lipinski definition) is 1. The topological polar surface area (TPSA) is 41.6 Å². The maximum Gasteiger partial charge on any atom is 0.410 e. The van der Waals surface area contributed by atoms with E-state index in [-0.39, 0.29) is 11.7 Å². The highest BCUT2D eigenvalue weighted by molar-refractivity contribution is 5.70. The highest BCUT2D eigenvalue weighted by Crippen LogP contribution is 2.33. The second-order valence-corrected chi connectivity index (χ2v) is 5.15. The first-order valence-corrected chi connectivity index (χ1v) is 6.34. The van der Waals surface area contributed by atoms with Gasteiger partial charge >= 0.3 is 6.09 Å². The molecular weight excluding hydrogens is 204 g/mol. The average molecular weight is 226 g/mol. The van der Waals surface area contributed by atoms with Crippen LogP contribution in [0, 0.1) is 5.92 Å². The Morgan fingerprint density at radius 3 is 3.06 bits per heavy atom. The van der Waals surface area contributed by atoms with Crippen LogP contribution >= 0.6 is 0 Å². The highest BCUT2D eigenvalue weighted by atomic mass is 16.6. The fourth-order valence-electron chi connectivity index (χ4n) is 2.77. The van der Waals surface area contributed by atoms with Crippen LogP contribution in [-0.2, 0) is 4.74 Å². The first kappa shape index (κ1) is 11.7. The number of cyclic esters (lactones) is 1. The SMILES string of the molecule is CCCN1CC(C)(C2CCCNC2)OC1=O. The van der Waals surface area contributed by atoms with Crippen molar-refractivity contribution >= 4 is 6.09 Å². The number of rotatable bonds is 3. The van der Waals surface area contributed by atoms with E-state index in [0.29, 0.717) is 5.92 Å². The van der Waals surface area contributed by atoms with Crippen molar-refractivity contribution in [3.8, 4) is 0 Å². The van der Waals surface area contributed by atoms with Gasteiger partial charge in [-0.1, -0.05) is 6.92 Å². The van der Waals surface area contributed by atoms with Crippen LogP contribution in [0.4, 0.5) is 4.79 Å². The lowest BCUT2D eigenvalue weighted by Gasteiger charge is -2.34. The zero-order valence-corrected chi connectivity index (χ0v) is 10.3. The number of amides is 1. The van der Waals surface area contributed by atoms with Gasteiger partial charge < -0.3 is 15.0 Å². The second kappa shape index (κ2) is 4.62. The number of nitrogens with one attached hydrogen (secondary N) is 1. The molecule has 92 valence electrons. The summed E-state index contributed by atoms with van der Waals surface area (Å²) < 4.78 is 5.60. The van der Waals surface area contributed by atoms with E-state index in [1.54, 1.807) is 0 Å². The van der Waals surface area contributed by atoms with Crippen molar-refractivity contribution in [2.45, 2.75) is 38.7 Å². The third-order valence-electron chi connectivity index (χ3n) is 3.74. The van der Waals surface area contributed by atoms with E-state index >= 15 is 0 Å². The van der Waals surface area contributed by atoms with E-state index in [1.165, 1.54) is 6.42 Å². The average Bonchev–Trinajstić information content (AvgIpc) is 2.57. The van der Waals surface area contributed by atoms with E-state index < -0.39 is 0 Å². The van der Waals surface area contributed by atoms with Gasteiger partial charge in [-0.2, -0.15) is 0 Å². The Morgan fingerprint density at radius 1 is 1.62 bits per heavy atom. The van der Waals surface area contributed by atoms with Crippen LogP contribution in [-0.4, -0.2) is 42.8 Å². The van der Waals surface area contributed by atoms with Crippen molar-refractivity contribution in [3.63, 3.8) is 0 Å². The van der Waals surface area contributed by atoms with Crippen LogP contribution < -0.4 is 5.32 Å². The van der Waals surface area contributed by atoms with Crippen LogP contribution in [0.1, 0.15) is 33.1 Å². The molecule has 0 aromatic carbocycles. The fraction of sp³-hybridized carbons (Fsp3) is 0.917. The van der Waals surface area contributed by atoms with Crippen LogP contribution in [0.3, 0.4) is 0 Å². The minimum atomic E-state index is -0.278. The number of carbonyl (C=O) groups is 1. The van der Waals surface area contributed by atoms with Crippen LogP contribution in [0.25, 0.3) is 0 Å². The van der Waals surface area contributed by atoms with E-state index in [9.17, 15) is 4.79 Å². The maximum absolute atomic E-state index is 11.7. The predicted octanol–water partition coefficient (Wildman–Crippen LogP) is 1.61. The zero-order valence-electron chi connectivity index (χ0n) is 10.3. The van der Waals surface area contributed by atoms with E-state index in [0.717, 1.165) is 39.0 Å². The number of hydrogen-bond acceptors (Lipinski definition) is 3. The second-order valence-electron chi connectivity index (χ2n) is 5.15. The normalized spacial score (nSPS) is 35.2. The van der Waals surface area contributed by atoms with Gasteiger partial charge in [0.25, 0.3) is 0 Å². The lowest BCUT2D eigenvalue weighted by Crippen LogP contribution is -2.46. The van der Waals surface area contributed by atoms with Gasteiger partial charge in [0.15, 0.2) is 0 Å². The molecule has 4 nitrogen and oxygen atoms in total. The molecule has 0 radical (unpaired) electrons. The third-order valence-corrected chi connectivity index (χ3v) is 3.74. The molecule has 2 aliphatic heterocycles. The zero-order chi connectivity index (χ0) is 11.6. The Kier molecular flexibility index (Phi) is 3.38. The van der Waals surface area contributed by atoms with Gasteiger partial charge in [0, 0.05) is 19.0 Å². The molecule has 0 aliphatic carbocycles. The van der Waals surface area contributed by atoms with Gasteiger partial charge in [-0.3, -0.25) is 0 Å². The predicted molar refractivity (Wildman–Crippen MR) is 62.3 cm³/mol. The van der Waals surface area contributed by atoms with Gasteiger partial charge in [0.2, 0.25) is 0 Å². The smallest absolute Gasteiger partial charge is 0.410 e. The van der Waals surface area contributed by atoms with Crippen LogP contribution in [0.5, 0.6) is 0 Å². The summed E-state index contributed by atoms with van der Waals surface area (Å²) in [5, 5.41) is 3.39. The molecule has 2 fully saturated rings. The van der Waals surface area contributed by atoms with Crippen molar-refractivity contribution in [2.24, 2.45) is 5.92 Å². The molecule has 0 saturated carbocycles. The molecule has 2 rings (SSSR count). The standard InChI is InChI=1S/C12H22N2O2/c1-3-7-14-9-12(2,16-11(14)15)10-5-4-6-13-8-10/h10,13H,3-9H2,1-2H3. The Morgan fingerprint density at radius 2 is 2.44 bits per heavy atom. The maximum atomic E-state index is 11.7. The quantitative estimate of drug-likeness (QED) is 0.795. The molecule has 2 unspecified atom stereocenters. The molecule has 0 spiro atoms. The summed E-state index contributed by atoms with van der Waals surface area (Å²) in [7, 11) is 0. The largest absolute Gasteiger partial charge is 0.441 e. The fourth-order valence-corrected chi connectivity index (χ4v) is 2.77. The Hall–Kier alpha value is -0.770. The number of nitrogens with zero attached hydrogens (tertiary/aromatic N) is 1. The lowest BCUT2D eigenvalue weighted by atomic mass is 9.83.